The Kier molecular flexibility index (Phi) is 5.03. The van der Waals surface area contributed by atoms with Gasteiger partial charge in [-0.1, -0.05) is 0 Å². The van der Waals surface area contributed by atoms with E-state index >= 15 is 0 Å². The monoisotopic (exact) mass is 368 g/mol. The van der Waals surface area contributed by atoms with Crippen molar-refractivity contribution in [3.8, 4) is 6.07 Å². The molecule has 27 heavy (non-hydrogen) atoms. The number of ether oxygens (including phenoxy) is 1. The van der Waals surface area contributed by atoms with E-state index in [0.717, 1.165) is 24.0 Å². The largest absolute Gasteiger partial charge is 0.378 e. The minimum absolute atomic E-state index is 0.134. The lowest BCUT2D eigenvalue weighted by Gasteiger charge is -2.41. The fourth-order valence-electron chi connectivity index (χ4n) is 3.57. The highest BCUT2D eigenvalue weighted by Gasteiger charge is 2.35. The first-order valence-corrected chi connectivity index (χ1v) is 8.98. The summed E-state index contributed by atoms with van der Waals surface area (Å²) in [5, 5.41) is 9.63. The molecule has 0 atom stereocenters. The van der Waals surface area contributed by atoms with Gasteiger partial charge in [0.2, 0.25) is 0 Å². The molecule has 2 heterocycles. The van der Waals surface area contributed by atoms with E-state index in [2.05, 4.69) is 22.9 Å². The van der Waals surface area contributed by atoms with Crippen LogP contribution in [0.5, 0.6) is 0 Å². The van der Waals surface area contributed by atoms with Gasteiger partial charge < -0.3 is 14.5 Å². The molecule has 1 aromatic rings. The number of hydrogen-bond acceptors (Lipinski definition) is 6. The Balaban J connectivity index is 2.06. The van der Waals surface area contributed by atoms with Crippen molar-refractivity contribution in [1.82, 2.24) is 14.8 Å². The third kappa shape index (κ3) is 3.45. The lowest BCUT2D eigenvalue weighted by molar-refractivity contribution is -0.114. The standard InChI is InChI=1S/C20H24N4O3/c1-20(27-4)5-7-24(8-6-20)18-14-10-16(19(26)23(2)3)22-12-13(14)9-17(25)15(18)11-21/h10,12H,5-9H2,1-4H3. The molecule has 1 aromatic heterocycles. The highest BCUT2D eigenvalue weighted by Crippen LogP contribution is 2.36. The predicted molar refractivity (Wildman–Crippen MR) is 99.7 cm³/mol. The Labute approximate surface area is 159 Å². The molecule has 3 rings (SSSR count). The van der Waals surface area contributed by atoms with Crippen molar-refractivity contribution in [1.29, 1.82) is 5.26 Å². The molecule has 0 saturated carbocycles. The minimum atomic E-state index is -0.210. The van der Waals surface area contributed by atoms with E-state index in [0.29, 0.717) is 24.5 Å². The molecule has 0 N–H and O–H groups in total. The Hall–Kier alpha value is -2.72. The zero-order valence-electron chi connectivity index (χ0n) is 16.2. The van der Waals surface area contributed by atoms with Gasteiger partial charge in [0.15, 0.2) is 5.78 Å². The summed E-state index contributed by atoms with van der Waals surface area (Å²) < 4.78 is 5.60. The maximum atomic E-state index is 12.5. The molecule has 142 valence electrons. The number of methoxy groups -OCH3 is 1. The van der Waals surface area contributed by atoms with Crippen molar-refractivity contribution in [3.05, 3.63) is 34.7 Å². The number of ketones is 1. The van der Waals surface area contributed by atoms with Gasteiger partial charge in [0.05, 0.1) is 11.3 Å². The molecule has 1 amide bonds. The van der Waals surface area contributed by atoms with E-state index < -0.39 is 0 Å². The topological polar surface area (TPSA) is 86.5 Å². The number of aromatic nitrogens is 1. The van der Waals surface area contributed by atoms with Crippen LogP contribution in [-0.4, -0.2) is 66.4 Å². The van der Waals surface area contributed by atoms with Crippen molar-refractivity contribution in [2.24, 2.45) is 0 Å². The summed E-state index contributed by atoms with van der Waals surface area (Å²) >= 11 is 0. The molecule has 0 radical (unpaired) electrons. The third-order valence-electron chi connectivity index (χ3n) is 5.48. The van der Waals surface area contributed by atoms with Crippen LogP contribution in [-0.2, 0) is 16.0 Å². The summed E-state index contributed by atoms with van der Waals surface area (Å²) in [5.41, 5.74) is 2.41. The molecular weight excluding hydrogens is 344 g/mol. The number of carbonyl (C=O) groups excluding carboxylic acids is 2. The van der Waals surface area contributed by atoms with Crippen LogP contribution in [0.4, 0.5) is 0 Å². The van der Waals surface area contributed by atoms with Gasteiger partial charge >= 0.3 is 0 Å². The van der Waals surface area contributed by atoms with Crippen LogP contribution >= 0.6 is 0 Å². The normalized spacial score (nSPS) is 18.8. The van der Waals surface area contributed by atoms with Crippen LogP contribution in [0.25, 0.3) is 5.70 Å². The second-order valence-electron chi connectivity index (χ2n) is 7.50. The number of allylic oxidation sites excluding steroid dienone is 1. The van der Waals surface area contributed by atoms with Crippen molar-refractivity contribution >= 4 is 17.4 Å². The van der Waals surface area contributed by atoms with Gasteiger partial charge in [0.1, 0.15) is 17.3 Å². The Morgan fingerprint density at radius 3 is 2.59 bits per heavy atom. The molecule has 1 aliphatic carbocycles. The van der Waals surface area contributed by atoms with Gasteiger partial charge in [-0.05, 0) is 31.4 Å². The lowest BCUT2D eigenvalue weighted by atomic mass is 9.86. The number of hydrogen-bond donors (Lipinski definition) is 0. The molecule has 1 aliphatic heterocycles. The van der Waals surface area contributed by atoms with Crippen LogP contribution in [0.3, 0.4) is 0 Å². The Bertz CT molecular complexity index is 858. The van der Waals surface area contributed by atoms with E-state index in [9.17, 15) is 14.9 Å². The first-order chi connectivity index (χ1) is 12.8. The molecule has 0 bridgehead atoms. The van der Waals surface area contributed by atoms with Gasteiger partial charge in [-0.15, -0.1) is 0 Å². The van der Waals surface area contributed by atoms with Gasteiger partial charge in [0.25, 0.3) is 5.91 Å². The predicted octanol–water partition coefficient (Wildman–Crippen LogP) is 1.64. The molecule has 0 unspecified atom stereocenters. The summed E-state index contributed by atoms with van der Waals surface area (Å²) in [4.78, 5) is 32.6. The first-order valence-electron chi connectivity index (χ1n) is 8.98. The molecule has 0 spiro atoms. The summed E-state index contributed by atoms with van der Waals surface area (Å²) in [6, 6.07) is 3.80. The molecule has 7 nitrogen and oxygen atoms in total. The molecule has 0 aromatic carbocycles. The number of likely N-dealkylation sites (tertiary alicyclic amines) is 1. The van der Waals surface area contributed by atoms with Crippen LogP contribution in [0.15, 0.2) is 17.8 Å². The van der Waals surface area contributed by atoms with Gasteiger partial charge in [0, 0.05) is 52.5 Å². The van der Waals surface area contributed by atoms with Crippen LogP contribution in [0.1, 0.15) is 41.4 Å². The quantitative estimate of drug-likeness (QED) is 0.806. The van der Waals surface area contributed by atoms with Crippen molar-refractivity contribution in [2.45, 2.75) is 31.8 Å². The third-order valence-corrected chi connectivity index (χ3v) is 5.48. The smallest absolute Gasteiger partial charge is 0.271 e. The summed E-state index contributed by atoms with van der Waals surface area (Å²) in [5.74, 6) is -0.410. The number of nitrogens with zero attached hydrogens (tertiary/aromatic N) is 4. The Morgan fingerprint density at radius 2 is 2.04 bits per heavy atom. The van der Waals surface area contributed by atoms with Crippen molar-refractivity contribution < 1.29 is 14.3 Å². The second kappa shape index (κ2) is 7.12. The minimum Gasteiger partial charge on any atom is -0.378 e. The number of fused-ring (bicyclic) bond motifs is 1. The van der Waals surface area contributed by atoms with Gasteiger partial charge in [-0.2, -0.15) is 5.26 Å². The van der Waals surface area contributed by atoms with E-state index in [1.165, 1.54) is 4.90 Å². The number of amides is 1. The number of pyridine rings is 1. The van der Waals surface area contributed by atoms with Crippen LogP contribution < -0.4 is 0 Å². The SMILES string of the molecule is COC1(C)CCN(C2=C(C#N)C(=O)Cc3cnc(C(=O)N(C)C)cc32)CC1. The fraction of sp³-hybridized carbons (Fsp3) is 0.500. The van der Waals surface area contributed by atoms with Crippen LogP contribution in [0.2, 0.25) is 0 Å². The molecule has 1 saturated heterocycles. The maximum Gasteiger partial charge on any atom is 0.271 e. The molecular formula is C20H24N4O3. The van der Waals surface area contributed by atoms with E-state index in [1.54, 1.807) is 33.5 Å². The number of nitriles is 1. The van der Waals surface area contributed by atoms with E-state index in [-0.39, 0.29) is 29.3 Å². The van der Waals surface area contributed by atoms with Crippen LogP contribution in [0, 0.1) is 11.3 Å². The van der Waals surface area contributed by atoms with Gasteiger partial charge in [-0.25, -0.2) is 0 Å². The maximum absolute atomic E-state index is 12.5. The highest BCUT2D eigenvalue weighted by molar-refractivity contribution is 6.10. The van der Waals surface area contributed by atoms with E-state index in [1.807, 2.05) is 0 Å². The number of rotatable bonds is 3. The number of carbonyl (C=O) groups is 2. The average Bonchev–Trinajstić information content (AvgIpc) is 2.66. The number of Topliss-reactive ketones (excluding diaryl/α,β-unsaturated/α-hetero) is 1. The first kappa shape index (κ1) is 19.1. The molecule has 2 aliphatic rings. The second-order valence-corrected chi connectivity index (χ2v) is 7.50. The zero-order valence-corrected chi connectivity index (χ0v) is 16.2. The summed E-state index contributed by atoms with van der Waals surface area (Å²) in [6.07, 6.45) is 3.31. The summed E-state index contributed by atoms with van der Waals surface area (Å²) in [7, 11) is 5.04. The average molecular weight is 368 g/mol. The fourth-order valence-corrected chi connectivity index (χ4v) is 3.57. The zero-order chi connectivity index (χ0) is 19.8. The summed E-state index contributed by atoms with van der Waals surface area (Å²) in [6.45, 7) is 3.43. The number of piperidine rings is 1. The van der Waals surface area contributed by atoms with Crippen molar-refractivity contribution in [3.63, 3.8) is 0 Å². The lowest BCUT2D eigenvalue weighted by Crippen LogP contribution is -2.43. The molecule has 7 heteroatoms. The molecule has 1 fully saturated rings. The highest BCUT2D eigenvalue weighted by atomic mass is 16.5. The van der Waals surface area contributed by atoms with E-state index in [4.69, 9.17) is 4.74 Å². The Morgan fingerprint density at radius 1 is 1.37 bits per heavy atom. The van der Waals surface area contributed by atoms with Gasteiger partial charge in [-0.3, -0.25) is 14.6 Å². The van der Waals surface area contributed by atoms with Crippen molar-refractivity contribution in [2.75, 3.05) is 34.3 Å².